The molecule has 1 aromatic carbocycles. The van der Waals surface area contributed by atoms with Gasteiger partial charge in [-0.3, -0.25) is 4.79 Å². The number of nitrogens with two attached hydrogens (primary N) is 1. The molecule has 0 aliphatic heterocycles. The smallest absolute Gasteiger partial charge is 0.224 e. The summed E-state index contributed by atoms with van der Waals surface area (Å²) in [4.78, 5) is 11.7. The highest BCUT2D eigenvalue weighted by Gasteiger charge is 2.18. The van der Waals surface area contributed by atoms with E-state index in [4.69, 9.17) is 10.8 Å². The van der Waals surface area contributed by atoms with Gasteiger partial charge in [-0.2, -0.15) is 0 Å². The maximum Gasteiger partial charge on any atom is 0.224 e. The second kappa shape index (κ2) is 6.52. The molecule has 0 fully saturated rings. The number of phenols is 1. The monoisotopic (exact) mass is 268 g/mol. The SMILES string of the molecule is CC(C)(CCN)CCC(=O)Nc1ccc(O)c(F)c1. The third-order valence-corrected chi connectivity index (χ3v) is 3.08. The van der Waals surface area contributed by atoms with Gasteiger partial charge in [0, 0.05) is 18.2 Å². The quantitative estimate of drug-likeness (QED) is 0.694. The van der Waals surface area contributed by atoms with E-state index in [-0.39, 0.29) is 11.3 Å². The summed E-state index contributed by atoms with van der Waals surface area (Å²) >= 11 is 0. The van der Waals surface area contributed by atoms with Crippen LogP contribution in [0.25, 0.3) is 0 Å². The van der Waals surface area contributed by atoms with E-state index in [2.05, 4.69) is 19.2 Å². The Morgan fingerprint density at radius 1 is 1.42 bits per heavy atom. The molecule has 1 rings (SSSR count). The fraction of sp³-hybridized carbons (Fsp3) is 0.500. The van der Waals surface area contributed by atoms with Crippen LogP contribution in [0.15, 0.2) is 18.2 Å². The number of amides is 1. The molecule has 0 aromatic heterocycles. The van der Waals surface area contributed by atoms with Crippen LogP contribution in [0.1, 0.15) is 33.1 Å². The van der Waals surface area contributed by atoms with Crippen molar-refractivity contribution >= 4 is 11.6 Å². The zero-order valence-electron chi connectivity index (χ0n) is 11.4. The highest BCUT2D eigenvalue weighted by atomic mass is 19.1. The number of hydrogen-bond donors (Lipinski definition) is 3. The summed E-state index contributed by atoms with van der Waals surface area (Å²) in [6, 6.07) is 3.77. The molecule has 0 spiro atoms. The number of carbonyl (C=O) groups excluding carboxylic acids is 1. The van der Waals surface area contributed by atoms with Gasteiger partial charge in [0.1, 0.15) is 0 Å². The minimum Gasteiger partial charge on any atom is -0.505 e. The van der Waals surface area contributed by atoms with Crippen LogP contribution < -0.4 is 11.1 Å². The molecule has 0 heterocycles. The molecule has 0 bridgehead atoms. The van der Waals surface area contributed by atoms with E-state index in [1.807, 2.05) is 0 Å². The van der Waals surface area contributed by atoms with Crippen LogP contribution in [0.2, 0.25) is 0 Å². The van der Waals surface area contributed by atoms with Crippen LogP contribution in [-0.4, -0.2) is 17.6 Å². The highest BCUT2D eigenvalue weighted by Crippen LogP contribution is 2.26. The number of halogens is 1. The average molecular weight is 268 g/mol. The van der Waals surface area contributed by atoms with E-state index < -0.39 is 11.6 Å². The number of carbonyl (C=O) groups is 1. The summed E-state index contributed by atoms with van der Waals surface area (Å²) in [5, 5.41) is 11.7. The molecule has 1 aromatic rings. The topological polar surface area (TPSA) is 75.4 Å². The van der Waals surface area contributed by atoms with Crippen LogP contribution in [0, 0.1) is 11.2 Å². The first kappa shape index (κ1) is 15.4. The van der Waals surface area contributed by atoms with Crippen molar-refractivity contribution in [2.75, 3.05) is 11.9 Å². The van der Waals surface area contributed by atoms with Crippen molar-refractivity contribution in [3.63, 3.8) is 0 Å². The predicted molar refractivity (Wildman–Crippen MR) is 73.4 cm³/mol. The van der Waals surface area contributed by atoms with E-state index in [1.54, 1.807) is 0 Å². The number of anilines is 1. The second-order valence-corrected chi connectivity index (χ2v) is 5.42. The molecule has 1 amide bonds. The normalized spacial score (nSPS) is 11.4. The molecule has 0 saturated carbocycles. The lowest BCUT2D eigenvalue weighted by atomic mass is 9.84. The molecule has 0 aliphatic carbocycles. The number of benzene rings is 1. The molecule has 5 heteroatoms. The van der Waals surface area contributed by atoms with Crippen molar-refractivity contribution in [1.29, 1.82) is 0 Å². The number of aromatic hydroxyl groups is 1. The van der Waals surface area contributed by atoms with Gasteiger partial charge >= 0.3 is 0 Å². The maximum atomic E-state index is 13.1. The maximum absolute atomic E-state index is 13.1. The largest absolute Gasteiger partial charge is 0.505 e. The molecule has 0 aliphatic rings. The fourth-order valence-electron chi connectivity index (χ4n) is 1.78. The standard InChI is InChI=1S/C14H21FN2O2/c1-14(2,7-8-16)6-5-13(19)17-10-3-4-12(18)11(15)9-10/h3-4,9,18H,5-8,16H2,1-2H3,(H,17,19). The number of phenolic OH excluding ortho intramolecular Hbond substituents is 1. The van der Waals surface area contributed by atoms with Crippen molar-refractivity contribution in [2.45, 2.75) is 33.1 Å². The van der Waals surface area contributed by atoms with Gasteiger partial charge in [-0.15, -0.1) is 0 Å². The van der Waals surface area contributed by atoms with Crippen molar-refractivity contribution < 1.29 is 14.3 Å². The zero-order chi connectivity index (χ0) is 14.5. The Bertz CT molecular complexity index is 447. The molecule has 0 radical (unpaired) electrons. The van der Waals surface area contributed by atoms with Crippen molar-refractivity contribution in [2.24, 2.45) is 11.1 Å². The van der Waals surface area contributed by atoms with Gasteiger partial charge in [0.15, 0.2) is 11.6 Å². The summed E-state index contributed by atoms with van der Waals surface area (Å²) < 4.78 is 13.1. The summed E-state index contributed by atoms with van der Waals surface area (Å²) in [5.41, 5.74) is 5.87. The zero-order valence-corrected chi connectivity index (χ0v) is 11.4. The summed E-state index contributed by atoms with van der Waals surface area (Å²) in [7, 11) is 0. The number of rotatable bonds is 6. The molecule has 19 heavy (non-hydrogen) atoms. The lowest BCUT2D eigenvalue weighted by molar-refractivity contribution is -0.116. The fourth-order valence-corrected chi connectivity index (χ4v) is 1.78. The number of nitrogens with one attached hydrogen (secondary N) is 1. The molecule has 4 N–H and O–H groups in total. The van der Waals surface area contributed by atoms with Crippen molar-refractivity contribution in [1.82, 2.24) is 0 Å². The Morgan fingerprint density at radius 3 is 2.68 bits per heavy atom. The van der Waals surface area contributed by atoms with Gasteiger partial charge in [0.2, 0.25) is 5.91 Å². The molecule has 0 unspecified atom stereocenters. The Labute approximate surface area is 112 Å². The van der Waals surface area contributed by atoms with Crippen molar-refractivity contribution in [3.05, 3.63) is 24.0 Å². The van der Waals surface area contributed by atoms with Gasteiger partial charge < -0.3 is 16.2 Å². The van der Waals surface area contributed by atoms with Crippen molar-refractivity contribution in [3.8, 4) is 5.75 Å². The summed E-state index contributed by atoms with van der Waals surface area (Å²) in [6.45, 7) is 4.72. The minimum absolute atomic E-state index is 0.0201. The van der Waals surface area contributed by atoms with Crippen LogP contribution >= 0.6 is 0 Å². The molecule has 4 nitrogen and oxygen atoms in total. The second-order valence-electron chi connectivity index (χ2n) is 5.42. The van der Waals surface area contributed by atoms with Gasteiger partial charge in [0.05, 0.1) is 0 Å². The average Bonchev–Trinajstić information content (AvgIpc) is 2.32. The van der Waals surface area contributed by atoms with Gasteiger partial charge in [0.25, 0.3) is 0 Å². The molecule has 0 atom stereocenters. The first-order valence-corrected chi connectivity index (χ1v) is 6.32. The van der Waals surface area contributed by atoms with Crippen LogP contribution in [0.5, 0.6) is 5.75 Å². The molecular formula is C14H21FN2O2. The Balaban J connectivity index is 2.49. The molecule has 0 saturated heterocycles. The third kappa shape index (κ3) is 5.26. The van der Waals surface area contributed by atoms with Crippen LogP contribution in [0.4, 0.5) is 10.1 Å². The number of hydrogen-bond acceptors (Lipinski definition) is 3. The summed E-state index contributed by atoms with van der Waals surface area (Å²) in [5.74, 6) is -1.35. The van der Waals surface area contributed by atoms with E-state index in [1.165, 1.54) is 12.1 Å². The van der Waals surface area contributed by atoms with Gasteiger partial charge in [-0.05, 0) is 36.9 Å². The van der Waals surface area contributed by atoms with Gasteiger partial charge in [-0.25, -0.2) is 4.39 Å². The van der Waals surface area contributed by atoms with Gasteiger partial charge in [-0.1, -0.05) is 13.8 Å². The molecular weight excluding hydrogens is 247 g/mol. The first-order valence-electron chi connectivity index (χ1n) is 6.32. The van der Waals surface area contributed by atoms with E-state index >= 15 is 0 Å². The Morgan fingerprint density at radius 2 is 2.11 bits per heavy atom. The van der Waals surface area contributed by atoms with E-state index in [0.29, 0.717) is 18.7 Å². The third-order valence-electron chi connectivity index (χ3n) is 3.08. The Kier molecular flexibility index (Phi) is 5.30. The lowest BCUT2D eigenvalue weighted by Crippen LogP contribution is -2.20. The van der Waals surface area contributed by atoms with Crippen LogP contribution in [0.3, 0.4) is 0 Å². The summed E-state index contributed by atoms with van der Waals surface area (Å²) in [6.07, 6.45) is 1.93. The van der Waals surface area contributed by atoms with E-state index in [9.17, 15) is 9.18 Å². The Hall–Kier alpha value is -1.62. The molecule has 106 valence electrons. The predicted octanol–water partition coefficient (Wildman–Crippen LogP) is 2.63. The lowest BCUT2D eigenvalue weighted by Gasteiger charge is -2.23. The highest BCUT2D eigenvalue weighted by molar-refractivity contribution is 5.90. The first-order chi connectivity index (χ1) is 8.84. The van der Waals surface area contributed by atoms with E-state index in [0.717, 1.165) is 18.9 Å². The minimum atomic E-state index is -0.749. The van der Waals surface area contributed by atoms with Crippen LogP contribution in [-0.2, 0) is 4.79 Å².